The van der Waals surface area contributed by atoms with Crippen molar-refractivity contribution in [3.8, 4) is 6.01 Å². The molecule has 106 valence electrons. The maximum absolute atomic E-state index is 8.76. The fraction of sp³-hybridized carbons (Fsp3) is 0.750. The molecule has 1 aromatic heterocycles. The fourth-order valence-electron chi connectivity index (χ4n) is 1.93. The van der Waals surface area contributed by atoms with Gasteiger partial charge in [0.2, 0.25) is 11.9 Å². The van der Waals surface area contributed by atoms with E-state index in [0.717, 1.165) is 19.6 Å². The molecule has 1 aliphatic rings. The molecule has 0 unspecified atom stereocenters. The molecule has 2 rings (SSSR count). The van der Waals surface area contributed by atoms with Crippen molar-refractivity contribution in [1.82, 2.24) is 15.0 Å². The van der Waals surface area contributed by atoms with Gasteiger partial charge in [-0.25, -0.2) is 0 Å². The van der Waals surface area contributed by atoms with Crippen molar-refractivity contribution in [2.75, 3.05) is 43.1 Å². The Hall–Kier alpha value is -1.63. The van der Waals surface area contributed by atoms with E-state index in [4.69, 9.17) is 9.84 Å². The second-order valence-electron chi connectivity index (χ2n) is 4.39. The summed E-state index contributed by atoms with van der Waals surface area (Å²) in [7, 11) is 0. The smallest absolute Gasteiger partial charge is 0.323 e. The number of anilines is 2. The van der Waals surface area contributed by atoms with Gasteiger partial charge in [-0.3, -0.25) is 0 Å². The van der Waals surface area contributed by atoms with Crippen molar-refractivity contribution in [3.05, 3.63) is 0 Å². The van der Waals surface area contributed by atoms with Crippen molar-refractivity contribution < 1.29 is 9.84 Å². The second kappa shape index (κ2) is 7.08. The lowest BCUT2D eigenvalue weighted by atomic mass is 10.4. The Balaban J connectivity index is 2.11. The summed E-state index contributed by atoms with van der Waals surface area (Å²) in [5.74, 6) is 1.21. The Bertz CT molecular complexity index is 396. The first-order chi connectivity index (χ1) is 9.33. The summed E-state index contributed by atoms with van der Waals surface area (Å²) in [6.07, 6.45) is 2.91. The van der Waals surface area contributed by atoms with Crippen LogP contribution in [0.5, 0.6) is 6.01 Å². The highest BCUT2D eigenvalue weighted by molar-refractivity contribution is 5.39. The van der Waals surface area contributed by atoms with E-state index in [9.17, 15) is 0 Å². The number of ether oxygens (including phenoxy) is 1. The maximum atomic E-state index is 8.76. The first-order valence-corrected chi connectivity index (χ1v) is 6.82. The molecule has 1 saturated heterocycles. The van der Waals surface area contributed by atoms with E-state index < -0.39 is 0 Å². The minimum absolute atomic E-state index is 0.101. The summed E-state index contributed by atoms with van der Waals surface area (Å²) < 4.78 is 5.44. The van der Waals surface area contributed by atoms with Crippen LogP contribution < -0.4 is 15.0 Å². The summed E-state index contributed by atoms with van der Waals surface area (Å²) in [6, 6.07) is 0.321. The lowest BCUT2D eigenvalue weighted by molar-refractivity contribution is 0.224. The average Bonchev–Trinajstić information content (AvgIpc) is 2.93. The van der Waals surface area contributed by atoms with Crippen molar-refractivity contribution in [2.45, 2.75) is 26.2 Å². The molecule has 0 spiro atoms. The summed E-state index contributed by atoms with van der Waals surface area (Å²) in [4.78, 5) is 15.1. The van der Waals surface area contributed by atoms with Gasteiger partial charge in [-0.15, -0.1) is 0 Å². The Morgan fingerprint density at radius 1 is 1.26 bits per heavy atom. The number of aliphatic hydroxyl groups excluding tert-OH is 1. The Labute approximate surface area is 113 Å². The third-order valence-electron chi connectivity index (χ3n) is 2.86. The maximum Gasteiger partial charge on any atom is 0.323 e. The molecular weight excluding hydrogens is 246 g/mol. The van der Waals surface area contributed by atoms with E-state index in [0.29, 0.717) is 30.9 Å². The highest BCUT2D eigenvalue weighted by Gasteiger charge is 2.17. The first kappa shape index (κ1) is 13.8. The topological polar surface area (TPSA) is 83.4 Å². The van der Waals surface area contributed by atoms with Gasteiger partial charge in [-0.1, -0.05) is 0 Å². The van der Waals surface area contributed by atoms with Crippen LogP contribution in [0.25, 0.3) is 0 Å². The van der Waals surface area contributed by atoms with Gasteiger partial charge in [0.25, 0.3) is 0 Å². The highest BCUT2D eigenvalue weighted by Crippen LogP contribution is 2.19. The number of aromatic nitrogens is 3. The third kappa shape index (κ3) is 3.92. The number of nitrogens with one attached hydrogen (secondary N) is 1. The molecule has 1 aromatic rings. The molecule has 0 bridgehead atoms. The molecule has 7 heteroatoms. The van der Waals surface area contributed by atoms with Crippen molar-refractivity contribution in [3.63, 3.8) is 0 Å². The van der Waals surface area contributed by atoms with Crippen LogP contribution in [-0.2, 0) is 0 Å². The van der Waals surface area contributed by atoms with Crippen molar-refractivity contribution in [2.24, 2.45) is 0 Å². The molecule has 0 atom stereocenters. The van der Waals surface area contributed by atoms with Gasteiger partial charge in [-0.2, -0.15) is 15.0 Å². The van der Waals surface area contributed by atoms with Crippen LogP contribution in [0.15, 0.2) is 0 Å². The van der Waals surface area contributed by atoms with Gasteiger partial charge in [0.15, 0.2) is 0 Å². The van der Waals surface area contributed by atoms with Crippen molar-refractivity contribution >= 4 is 11.9 Å². The molecule has 0 aliphatic carbocycles. The largest absolute Gasteiger partial charge is 0.463 e. The molecule has 0 amide bonds. The SMILES string of the molecule is CCNc1nc(OCCCO)nc(N2CCCC2)n1. The molecule has 2 heterocycles. The molecular formula is C12H21N5O2. The van der Waals surface area contributed by atoms with Gasteiger partial charge in [-0.05, 0) is 19.8 Å². The third-order valence-corrected chi connectivity index (χ3v) is 2.86. The van der Waals surface area contributed by atoms with E-state index in [-0.39, 0.29) is 6.61 Å². The lowest BCUT2D eigenvalue weighted by Gasteiger charge is -2.16. The average molecular weight is 267 g/mol. The van der Waals surface area contributed by atoms with Crippen LogP contribution in [0.2, 0.25) is 0 Å². The molecule has 0 aromatic carbocycles. The molecule has 1 fully saturated rings. The second-order valence-corrected chi connectivity index (χ2v) is 4.39. The van der Waals surface area contributed by atoms with E-state index in [1.807, 2.05) is 6.92 Å². The minimum atomic E-state index is 0.101. The first-order valence-electron chi connectivity index (χ1n) is 6.82. The molecule has 7 nitrogen and oxygen atoms in total. The van der Waals surface area contributed by atoms with E-state index in [1.165, 1.54) is 12.8 Å². The predicted octanol–water partition coefficient (Wildman–Crippen LogP) is 0.665. The van der Waals surface area contributed by atoms with Crippen LogP contribution in [0.3, 0.4) is 0 Å². The number of hydrogen-bond acceptors (Lipinski definition) is 7. The van der Waals surface area contributed by atoms with Crippen LogP contribution in [0, 0.1) is 0 Å². The number of aliphatic hydroxyl groups is 1. The predicted molar refractivity (Wildman–Crippen MR) is 72.6 cm³/mol. The molecule has 1 aliphatic heterocycles. The van der Waals surface area contributed by atoms with Crippen LogP contribution in [0.1, 0.15) is 26.2 Å². The summed E-state index contributed by atoms with van der Waals surface area (Å²) >= 11 is 0. The lowest BCUT2D eigenvalue weighted by Crippen LogP contribution is -2.22. The number of nitrogens with zero attached hydrogens (tertiary/aromatic N) is 4. The highest BCUT2D eigenvalue weighted by atomic mass is 16.5. The van der Waals surface area contributed by atoms with Crippen molar-refractivity contribution in [1.29, 1.82) is 0 Å². The quantitative estimate of drug-likeness (QED) is 0.702. The van der Waals surface area contributed by atoms with Crippen LogP contribution in [0.4, 0.5) is 11.9 Å². The van der Waals surface area contributed by atoms with Gasteiger partial charge >= 0.3 is 6.01 Å². The van der Waals surface area contributed by atoms with E-state index in [2.05, 4.69) is 25.2 Å². The zero-order chi connectivity index (χ0) is 13.5. The van der Waals surface area contributed by atoms with Gasteiger partial charge < -0.3 is 20.1 Å². The normalized spacial score (nSPS) is 14.7. The fourth-order valence-corrected chi connectivity index (χ4v) is 1.93. The minimum Gasteiger partial charge on any atom is -0.463 e. The van der Waals surface area contributed by atoms with Gasteiger partial charge in [0.05, 0.1) is 6.61 Å². The summed E-state index contributed by atoms with van der Waals surface area (Å²) in [5, 5.41) is 11.8. The Morgan fingerprint density at radius 3 is 2.74 bits per heavy atom. The van der Waals surface area contributed by atoms with Gasteiger partial charge in [0.1, 0.15) is 0 Å². The van der Waals surface area contributed by atoms with E-state index in [1.54, 1.807) is 0 Å². The standard InChI is InChI=1S/C12H21N5O2/c1-2-13-10-14-11(17-6-3-4-7-17)16-12(15-10)19-9-5-8-18/h18H,2-9H2,1H3,(H,13,14,15,16). The van der Waals surface area contributed by atoms with Gasteiger partial charge in [0, 0.05) is 32.7 Å². The monoisotopic (exact) mass is 267 g/mol. The Kier molecular flexibility index (Phi) is 5.14. The zero-order valence-electron chi connectivity index (χ0n) is 11.3. The van der Waals surface area contributed by atoms with E-state index >= 15 is 0 Å². The zero-order valence-corrected chi connectivity index (χ0v) is 11.3. The number of hydrogen-bond donors (Lipinski definition) is 2. The molecule has 2 N–H and O–H groups in total. The Morgan fingerprint density at radius 2 is 2.05 bits per heavy atom. The summed E-state index contributed by atoms with van der Waals surface area (Å²) in [5.41, 5.74) is 0. The number of rotatable bonds is 7. The van der Waals surface area contributed by atoms with Crippen LogP contribution in [-0.4, -0.2) is 52.9 Å². The summed E-state index contributed by atoms with van der Waals surface area (Å²) in [6.45, 7) is 5.21. The molecule has 0 radical (unpaired) electrons. The molecule has 0 saturated carbocycles. The van der Waals surface area contributed by atoms with Crippen LogP contribution >= 0.6 is 0 Å². The molecule has 19 heavy (non-hydrogen) atoms.